The summed E-state index contributed by atoms with van der Waals surface area (Å²) in [6.45, 7) is 4.66. The molecule has 0 aliphatic heterocycles. The number of H-pyrrole nitrogens is 1. The first-order valence-corrected chi connectivity index (χ1v) is 9.75. The Morgan fingerprint density at radius 1 is 1.16 bits per heavy atom. The van der Waals surface area contributed by atoms with Crippen LogP contribution in [0.3, 0.4) is 0 Å². The number of rotatable bonds is 8. The zero-order valence-electron chi connectivity index (χ0n) is 17.6. The van der Waals surface area contributed by atoms with Crippen LogP contribution in [0.2, 0.25) is 5.02 Å². The largest absolute Gasteiger partial charge is 0.465 e. The summed E-state index contributed by atoms with van der Waals surface area (Å²) in [5.41, 5.74) is 7.10. The van der Waals surface area contributed by atoms with Crippen molar-refractivity contribution in [3.63, 3.8) is 0 Å². The van der Waals surface area contributed by atoms with Crippen LogP contribution in [0.15, 0.2) is 24.3 Å². The molecule has 1 aromatic heterocycles. The molecule has 0 aliphatic rings. The molecule has 10 heteroatoms. The van der Waals surface area contributed by atoms with Crippen molar-refractivity contribution in [1.82, 2.24) is 10.3 Å². The minimum atomic E-state index is -1.13. The van der Waals surface area contributed by atoms with E-state index in [1.54, 1.807) is 38.1 Å². The number of benzene rings is 1. The molecule has 0 fully saturated rings. The fourth-order valence-electron chi connectivity index (χ4n) is 3.19. The van der Waals surface area contributed by atoms with Crippen LogP contribution in [0.1, 0.15) is 57.1 Å². The molecule has 0 bridgehead atoms. The molecule has 0 saturated heterocycles. The lowest BCUT2D eigenvalue weighted by atomic mass is 10.0. The van der Waals surface area contributed by atoms with Crippen molar-refractivity contribution < 1.29 is 28.7 Å². The lowest BCUT2D eigenvalue weighted by Gasteiger charge is -2.19. The molecular weight excluding hydrogens is 426 g/mol. The Morgan fingerprint density at radius 2 is 1.77 bits per heavy atom. The highest BCUT2D eigenvalue weighted by atomic mass is 35.5. The van der Waals surface area contributed by atoms with Gasteiger partial charge in [0.1, 0.15) is 0 Å². The van der Waals surface area contributed by atoms with Crippen LogP contribution in [0, 0.1) is 13.8 Å². The van der Waals surface area contributed by atoms with Crippen molar-refractivity contribution >= 4 is 35.4 Å². The number of hydrogen-bond donors (Lipinski definition) is 3. The quantitative estimate of drug-likeness (QED) is 0.418. The number of aromatic nitrogens is 1. The number of hydrogen-bond acceptors (Lipinski definition) is 6. The van der Waals surface area contributed by atoms with Gasteiger partial charge in [0.2, 0.25) is 5.78 Å². The Bertz CT molecular complexity index is 999. The lowest BCUT2D eigenvalue weighted by molar-refractivity contribution is -0.146. The van der Waals surface area contributed by atoms with Gasteiger partial charge >= 0.3 is 18.0 Å². The first kappa shape index (κ1) is 23.9. The third-order valence-corrected chi connectivity index (χ3v) is 4.96. The molecule has 2 unspecified atom stereocenters. The fourth-order valence-corrected chi connectivity index (χ4v) is 3.32. The lowest BCUT2D eigenvalue weighted by Crippen LogP contribution is -2.35. The highest BCUT2D eigenvalue weighted by molar-refractivity contribution is 6.30. The number of primary amides is 1. The average molecular weight is 450 g/mol. The maximum Gasteiger partial charge on any atom is 0.339 e. The van der Waals surface area contributed by atoms with Crippen LogP contribution in [0.5, 0.6) is 0 Å². The molecule has 166 valence electrons. The molecule has 4 N–H and O–H groups in total. The van der Waals surface area contributed by atoms with E-state index in [4.69, 9.17) is 26.8 Å². The topological polar surface area (TPSA) is 141 Å². The van der Waals surface area contributed by atoms with Gasteiger partial charge in [-0.3, -0.25) is 9.59 Å². The number of urea groups is 1. The molecule has 2 aromatic rings. The van der Waals surface area contributed by atoms with Crippen LogP contribution in [0.4, 0.5) is 4.79 Å². The van der Waals surface area contributed by atoms with Gasteiger partial charge in [-0.05, 0) is 44.0 Å². The first-order valence-electron chi connectivity index (χ1n) is 9.37. The van der Waals surface area contributed by atoms with Gasteiger partial charge in [0, 0.05) is 10.7 Å². The number of halogens is 1. The van der Waals surface area contributed by atoms with Gasteiger partial charge in [-0.15, -0.1) is 0 Å². The molecule has 2 rings (SSSR count). The van der Waals surface area contributed by atoms with Gasteiger partial charge in [0.25, 0.3) is 0 Å². The predicted octanol–water partition coefficient (Wildman–Crippen LogP) is 2.99. The number of ether oxygens (including phenoxy) is 2. The summed E-state index contributed by atoms with van der Waals surface area (Å²) >= 11 is 5.87. The molecular formula is C21H24ClN3O6. The number of carbonyl (C=O) groups is 4. The van der Waals surface area contributed by atoms with E-state index in [0.717, 1.165) is 0 Å². The van der Waals surface area contributed by atoms with Gasteiger partial charge in [-0.2, -0.15) is 0 Å². The van der Waals surface area contributed by atoms with Crippen molar-refractivity contribution in [2.24, 2.45) is 5.73 Å². The number of ketones is 1. The van der Waals surface area contributed by atoms with Crippen LogP contribution in [-0.4, -0.2) is 42.0 Å². The molecule has 9 nitrogen and oxygen atoms in total. The maximum atomic E-state index is 12.8. The predicted molar refractivity (Wildman–Crippen MR) is 113 cm³/mol. The molecule has 0 spiro atoms. The monoisotopic (exact) mass is 449 g/mol. The average Bonchev–Trinajstić information content (AvgIpc) is 3.00. The van der Waals surface area contributed by atoms with Crippen molar-refractivity contribution in [3.8, 4) is 0 Å². The number of amides is 2. The number of esters is 2. The van der Waals surface area contributed by atoms with Crippen LogP contribution < -0.4 is 11.1 Å². The number of Topliss-reactive ketones (excluding diaryl/α,β-unsaturated/α-hetero) is 1. The second-order valence-electron chi connectivity index (χ2n) is 6.93. The Labute approximate surface area is 184 Å². The summed E-state index contributed by atoms with van der Waals surface area (Å²) < 4.78 is 10.0. The number of carbonyl (C=O) groups excluding carboxylic acids is 4. The van der Waals surface area contributed by atoms with Gasteiger partial charge in [0.15, 0.2) is 6.10 Å². The van der Waals surface area contributed by atoms with E-state index in [-0.39, 0.29) is 17.7 Å². The number of methoxy groups -OCH3 is 1. The second-order valence-corrected chi connectivity index (χ2v) is 7.37. The highest BCUT2D eigenvalue weighted by Gasteiger charge is 2.28. The Hall–Kier alpha value is -3.33. The molecule has 0 radical (unpaired) electrons. The summed E-state index contributed by atoms with van der Waals surface area (Å²) in [7, 11) is 1.25. The Kier molecular flexibility index (Phi) is 7.82. The molecule has 2 amide bonds. The van der Waals surface area contributed by atoms with E-state index >= 15 is 0 Å². The Balaban J connectivity index is 2.13. The van der Waals surface area contributed by atoms with E-state index in [0.29, 0.717) is 21.8 Å². The second kappa shape index (κ2) is 10.1. The number of nitrogens with two attached hydrogens (primary N) is 1. The van der Waals surface area contributed by atoms with E-state index in [1.807, 2.05) is 0 Å². The van der Waals surface area contributed by atoms with Crippen molar-refractivity contribution in [2.45, 2.75) is 39.3 Å². The summed E-state index contributed by atoms with van der Waals surface area (Å²) in [4.78, 5) is 51.3. The number of aromatic amines is 1. The van der Waals surface area contributed by atoms with Crippen LogP contribution >= 0.6 is 11.6 Å². The summed E-state index contributed by atoms with van der Waals surface area (Å²) in [5, 5.41) is 2.96. The number of aryl methyl sites for hydroxylation is 1. The van der Waals surface area contributed by atoms with Crippen molar-refractivity contribution in [2.75, 3.05) is 7.11 Å². The maximum absolute atomic E-state index is 12.8. The standard InChI is InChI=1S/C21H24ClN3O6/c1-10-17(20(28)30-4)11(2)24-18(10)19(27)12(3)31-16(26)9-15(25-21(23)29)13-5-7-14(22)8-6-13/h5-8,12,15,24H,9H2,1-4H3,(H3,23,25,29). The van der Waals surface area contributed by atoms with E-state index < -0.39 is 35.9 Å². The van der Waals surface area contributed by atoms with E-state index in [2.05, 4.69) is 10.3 Å². The third kappa shape index (κ3) is 5.85. The SMILES string of the molecule is COC(=O)c1c(C)[nH]c(C(=O)C(C)OC(=O)CC(NC(N)=O)c2ccc(Cl)cc2)c1C. The normalized spacial score (nSPS) is 12.5. The van der Waals surface area contributed by atoms with Gasteiger partial charge in [-0.25, -0.2) is 9.59 Å². The van der Waals surface area contributed by atoms with Gasteiger partial charge in [0.05, 0.1) is 30.8 Å². The van der Waals surface area contributed by atoms with Crippen molar-refractivity contribution in [3.05, 3.63) is 57.4 Å². The minimum Gasteiger partial charge on any atom is -0.465 e. The van der Waals surface area contributed by atoms with Crippen LogP contribution in [0.25, 0.3) is 0 Å². The zero-order valence-corrected chi connectivity index (χ0v) is 18.3. The smallest absolute Gasteiger partial charge is 0.339 e. The Morgan fingerprint density at radius 3 is 2.32 bits per heavy atom. The van der Waals surface area contributed by atoms with Crippen LogP contribution in [-0.2, 0) is 14.3 Å². The fraction of sp³-hybridized carbons (Fsp3) is 0.333. The summed E-state index contributed by atoms with van der Waals surface area (Å²) in [5.74, 6) is -1.79. The third-order valence-electron chi connectivity index (χ3n) is 4.71. The van der Waals surface area contributed by atoms with E-state index in [1.165, 1.54) is 14.0 Å². The number of nitrogens with one attached hydrogen (secondary N) is 2. The molecule has 0 aliphatic carbocycles. The molecule has 1 aromatic carbocycles. The zero-order chi connectivity index (χ0) is 23.3. The van der Waals surface area contributed by atoms with Gasteiger partial charge in [-0.1, -0.05) is 23.7 Å². The molecule has 2 atom stereocenters. The highest BCUT2D eigenvalue weighted by Crippen LogP contribution is 2.23. The van der Waals surface area contributed by atoms with Crippen molar-refractivity contribution in [1.29, 1.82) is 0 Å². The molecule has 31 heavy (non-hydrogen) atoms. The van der Waals surface area contributed by atoms with Gasteiger partial charge < -0.3 is 25.5 Å². The summed E-state index contributed by atoms with van der Waals surface area (Å²) in [6.07, 6.45) is -1.38. The summed E-state index contributed by atoms with van der Waals surface area (Å²) in [6, 6.07) is 4.93. The first-order chi connectivity index (χ1) is 14.5. The molecule has 1 heterocycles. The minimum absolute atomic E-state index is 0.155. The molecule has 0 saturated carbocycles. The van der Waals surface area contributed by atoms with E-state index in [9.17, 15) is 19.2 Å².